The molecular weight excluding hydrogens is 275 g/mol. The Morgan fingerprint density at radius 2 is 1.84 bits per heavy atom. The maximum atomic E-state index is 11.2. The number of hydrogen-bond acceptors (Lipinski definition) is 5. The van der Waals surface area contributed by atoms with Crippen LogP contribution in [0, 0.1) is 0 Å². The second-order valence-corrected chi connectivity index (χ2v) is 5.17. The van der Waals surface area contributed by atoms with Crippen LogP contribution in [0.4, 0.5) is 0 Å². The van der Waals surface area contributed by atoms with Crippen molar-refractivity contribution in [3.8, 4) is 0 Å². The first-order valence-electron chi connectivity index (χ1n) is 5.89. The smallest absolute Gasteiger partial charge is 0.463 e. The summed E-state index contributed by atoms with van der Waals surface area (Å²) in [5.41, 5.74) is 0. The number of aliphatic hydroxyl groups is 1. The minimum absolute atomic E-state index is 0. The van der Waals surface area contributed by atoms with E-state index in [9.17, 15) is 14.5 Å². The van der Waals surface area contributed by atoms with Crippen LogP contribution in [0.3, 0.4) is 0 Å². The van der Waals surface area contributed by atoms with Crippen molar-refractivity contribution in [2.24, 2.45) is 0 Å². The Kier molecular flexibility index (Phi) is 12.5. The quantitative estimate of drug-likeness (QED) is 0.319. The lowest BCUT2D eigenvalue weighted by atomic mass is 10.2. The van der Waals surface area contributed by atoms with Crippen LogP contribution in [0.25, 0.3) is 0 Å². The van der Waals surface area contributed by atoms with Crippen LogP contribution in [0.15, 0.2) is 0 Å². The van der Waals surface area contributed by atoms with E-state index in [1.54, 1.807) is 0 Å². The first kappa shape index (κ1) is 20.8. The van der Waals surface area contributed by atoms with Crippen molar-refractivity contribution in [1.82, 2.24) is 0 Å². The van der Waals surface area contributed by atoms with Crippen molar-refractivity contribution >= 4 is 13.8 Å². The molecule has 116 valence electrons. The van der Waals surface area contributed by atoms with E-state index in [4.69, 9.17) is 14.5 Å². The van der Waals surface area contributed by atoms with Crippen LogP contribution in [-0.4, -0.2) is 40.2 Å². The second kappa shape index (κ2) is 11.4. The zero-order chi connectivity index (χ0) is 14.0. The predicted molar refractivity (Wildman–Crippen MR) is 70.5 cm³/mol. The van der Waals surface area contributed by atoms with Gasteiger partial charge in [-0.2, -0.15) is 0 Å². The average Bonchev–Trinajstić information content (AvgIpc) is 2.28. The van der Waals surface area contributed by atoms with Crippen molar-refractivity contribution in [3.05, 3.63) is 0 Å². The Bertz CT molecular complexity index is 276. The number of hydrogen-bond donors (Lipinski definition) is 3. The van der Waals surface area contributed by atoms with Gasteiger partial charge in [-0.05, 0) is 6.42 Å². The fraction of sp³-hybridized carbons (Fsp3) is 0.909. The molecule has 0 aliphatic rings. The molecule has 0 aromatic carbocycles. The molecule has 0 saturated carbocycles. The molecule has 0 radical (unpaired) electrons. The number of phosphoric acid groups is 1. The van der Waals surface area contributed by atoms with E-state index in [0.29, 0.717) is 0 Å². The zero-order valence-electron chi connectivity index (χ0n) is 10.4. The van der Waals surface area contributed by atoms with Crippen molar-refractivity contribution in [3.63, 3.8) is 0 Å². The molecular formula is C11H25O7P. The van der Waals surface area contributed by atoms with E-state index in [1.165, 1.54) is 0 Å². The van der Waals surface area contributed by atoms with Gasteiger partial charge in [0.05, 0.1) is 6.61 Å². The molecule has 0 aromatic rings. The fourth-order valence-electron chi connectivity index (χ4n) is 1.19. The van der Waals surface area contributed by atoms with Crippen LogP contribution in [0.1, 0.15) is 46.5 Å². The van der Waals surface area contributed by atoms with Gasteiger partial charge < -0.3 is 19.6 Å². The van der Waals surface area contributed by atoms with E-state index in [2.05, 4.69) is 11.4 Å². The third-order valence-corrected chi connectivity index (χ3v) is 2.59. The van der Waals surface area contributed by atoms with Gasteiger partial charge in [-0.1, -0.05) is 33.6 Å². The highest BCUT2D eigenvalue weighted by molar-refractivity contribution is 7.46. The van der Waals surface area contributed by atoms with Gasteiger partial charge in [0, 0.05) is 6.42 Å². The summed E-state index contributed by atoms with van der Waals surface area (Å²) in [6, 6.07) is 0. The van der Waals surface area contributed by atoms with Gasteiger partial charge in [-0.25, -0.2) is 4.57 Å². The highest BCUT2D eigenvalue weighted by atomic mass is 31.2. The molecule has 19 heavy (non-hydrogen) atoms. The molecule has 0 saturated heterocycles. The molecule has 3 N–H and O–H groups in total. The Labute approximate surface area is 114 Å². The van der Waals surface area contributed by atoms with Crippen molar-refractivity contribution in [2.45, 2.75) is 52.6 Å². The highest BCUT2D eigenvalue weighted by Crippen LogP contribution is 2.35. The summed E-state index contributed by atoms with van der Waals surface area (Å²) in [6.07, 6.45) is 2.88. The summed E-state index contributed by atoms with van der Waals surface area (Å²) in [5, 5.41) is 9.23. The van der Waals surface area contributed by atoms with E-state index in [0.717, 1.165) is 25.7 Å². The summed E-state index contributed by atoms with van der Waals surface area (Å²) in [4.78, 5) is 27.9. The average molecular weight is 300 g/mol. The molecule has 1 atom stereocenters. The van der Waals surface area contributed by atoms with Gasteiger partial charge in [0.2, 0.25) is 0 Å². The second-order valence-electron chi connectivity index (χ2n) is 3.93. The maximum absolute atomic E-state index is 11.2. The van der Waals surface area contributed by atoms with Gasteiger partial charge in [0.1, 0.15) is 12.7 Å². The van der Waals surface area contributed by atoms with E-state index in [1.807, 2.05) is 0 Å². The first-order valence-corrected chi connectivity index (χ1v) is 7.42. The maximum Gasteiger partial charge on any atom is 0.469 e. The normalized spacial score (nSPS) is 12.6. The summed E-state index contributed by atoms with van der Waals surface area (Å²) in [7, 11) is -4.59. The van der Waals surface area contributed by atoms with Gasteiger partial charge in [0.15, 0.2) is 0 Å². The molecule has 0 aliphatic carbocycles. The van der Waals surface area contributed by atoms with Crippen molar-refractivity contribution in [1.29, 1.82) is 0 Å². The van der Waals surface area contributed by atoms with Crippen molar-refractivity contribution in [2.75, 3.05) is 13.2 Å². The van der Waals surface area contributed by atoms with Crippen LogP contribution in [0.5, 0.6) is 0 Å². The molecule has 0 fully saturated rings. The van der Waals surface area contributed by atoms with Gasteiger partial charge in [-0.3, -0.25) is 9.32 Å². The molecule has 7 nitrogen and oxygen atoms in total. The zero-order valence-corrected chi connectivity index (χ0v) is 11.3. The van der Waals surface area contributed by atoms with E-state index >= 15 is 0 Å². The van der Waals surface area contributed by atoms with Crippen molar-refractivity contribution < 1.29 is 33.5 Å². The number of ether oxygens (including phenoxy) is 1. The Balaban J connectivity index is 0. The predicted octanol–water partition coefficient (Wildman–Crippen LogP) is 1.61. The largest absolute Gasteiger partial charge is 0.469 e. The SMILES string of the molecule is C.CCCCCCC(=O)OC[C@@H](O)COP(=O)(O)O. The number of rotatable bonds is 10. The Hall–Kier alpha value is -0.460. The summed E-state index contributed by atoms with van der Waals surface area (Å²) in [6.45, 7) is 1.16. The monoisotopic (exact) mass is 300 g/mol. The van der Waals surface area contributed by atoms with Crippen LogP contribution >= 0.6 is 7.82 Å². The number of carbonyl (C=O) groups is 1. The van der Waals surface area contributed by atoms with E-state index < -0.39 is 26.5 Å². The molecule has 0 unspecified atom stereocenters. The lowest BCUT2D eigenvalue weighted by Gasteiger charge is -2.12. The van der Waals surface area contributed by atoms with Gasteiger partial charge >= 0.3 is 13.8 Å². The number of unbranched alkanes of at least 4 members (excludes halogenated alkanes) is 3. The van der Waals surface area contributed by atoms with Crippen LogP contribution < -0.4 is 0 Å². The standard InChI is InChI=1S/C10H21O7P.CH4/c1-2-3-4-5-6-10(12)16-7-9(11)8-17-18(13,14)15;/h9,11H,2-8H2,1H3,(H2,13,14,15);1H4/t9-;/m1./s1. The number of phosphoric ester groups is 1. The lowest BCUT2D eigenvalue weighted by Crippen LogP contribution is -2.23. The van der Waals surface area contributed by atoms with Gasteiger partial charge in [0.25, 0.3) is 0 Å². The minimum Gasteiger partial charge on any atom is -0.463 e. The lowest BCUT2D eigenvalue weighted by molar-refractivity contribution is -0.147. The summed E-state index contributed by atoms with van der Waals surface area (Å²) < 4.78 is 19.1. The number of aliphatic hydroxyl groups excluding tert-OH is 1. The molecule has 0 spiro atoms. The molecule has 0 amide bonds. The molecule has 0 aliphatic heterocycles. The third-order valence-electron chi connectivity index (χ3n) is 2.11. The van der Waals surface area contributed by atoms with E-state index in [-0.39, 0.29) is 20.5 Å². The third kappa shape index (κ3) is 15.5. The van der Waals surface area contributed by atoms with Crippen LogP contribution in [-0.2, 0) is 18.6 Å². The van der Waals surface area contributed by atoms with Crippen LogP contribution in [0.2, 0.25) is 0 Å². The molecule has 8 heteroatoms. The Morgan fingerprint density at radius 1 is 1.21 bits per heavy atom. The highest BCUT2D eigenvalue weighted by Gasteiger charge is 2.17. The molecule has 0 bridgehead atoms. The molecule has 0 aromatic heterocycles. The molecule has 0 heterocycles. The van der Waals surface area contributed by atoms with Gasteiger partial charge in [-0.15, -0.1) is 0 Å². The number of esters is 1. The topological polar surface area (TPSA) is 113 Å². The molecule has 0 rings (SSSR count). The summed E-state index contributed by atoms with van der Waals surface area (Å²) >= 11 is 0. The first-order chi connectivity index (χ1) is 8.35. The minimum atomic E-state index is -4.59. The Morgan fingerprint density at radius 3 is 2.37 bits per heavy atom. The number of carbonyl (C=O) groups excluding carboxylic acids is 1. The fourth-order valence-corrected chi connectivity index (χ4v) is 1.55. The summed E-state index contributed by atoms with van der Waals surface area (Å²) in [5.74, 6) is -0.429.